The van der Waals surface area contributed by atoms with Gasteiger partial charge in [0.15, 0.2) is 0 Å². The van der Waals surface area contributed by atoms with Gasteiger partial charge in [0.05, 0.1) is 11.1 Å². The van der Waals surface area contributed by atoms with Gasteiger partial charge in [0.1, 0.15) is 5.82 Å². The summed E-state index contributed by atoms with van der Waals surface area (Å²) in [6, 6.07) is 17.7. The maximum atomic E-state index is 13.2. The van der Waals surface area contributed by atoms with Crippen LogP contribution in [-0.4, -0.2) is 38.8 Å². The molecule has 1 aliphatic rings. The highest BCUT2D eigenvalue weighted by atomic mass is 16.2. The highest BCUT2D eigenvalue weighted by Crippen LogP contribution is 2.31. The van der Waals surface area contributed by atoms with Gasteiger partial charge in [0, 0.05) is 53.7 Å². The number of para-hydroxylation sites is 1. The minimum atomic E-state index is 0.0542. The van der Waals surface area contributed by atoms with Gasteiger partial charge in [0.25, 0.3) is 5.91 Å². The van der Waals surface area contributed by atoms with Crippen LogP contribution in [0, 0.1) is 6.92 Å². The van der Waals surface area contributed by atoms with Crippen molar-refractivity contribution in [1.82, 2.24) is 19.9 Å². The van der Waals surface area contributed by atoms with Crippen molar-refractivity contribution < 1.29 is 4.79 Å². The first kappa shape index (κ1) is 20.1. The number of aromatic nitrogens is 3. The smallest absolute Gasteiger partial charge is 0.256 e. The van der Waals surface area contributed by atoms with E-state index in [-0.39, 0.29) is 5.91 Å². The molecular formula is C26H25N5O. The number of amides is 1. The Labute approximate surface area is 187 Å². The van der Waals surface area contributed by atoms with Crippen LogP contribution in [0.2, 0.25) is 0 Å². The molecule has 6 nitrogen and oxygen atoms in total. The van der Waals surface area contributed by atoms with Gasteiger partial charge in [-0.05, 0) is 61.7 Å². The van der Waals surface area contributed by atoms with Crippen LogP contribution in [0.15, 0.2) is 67.0 Å². The number of nitrogens with zero attached hydrogens (tertiary/aromatic N) is 4. The van der Waals surface area contributed by atoms with E-state index in [2.05, 4.69) is 22.1 Å². The number of aryl methyl sites for hydroxylation is 1. The highest BCUT2D eigenvalue weighted by Gasteiger charge is 2.26. The summed E-state index contributed by atoms with van der Waals surface area (Å²) in [4.78, 5) is 28.6. The quantitative estimate of drug-likeness (QED) is 0.520. The minimum absolute atomic E-state index is 0.0542. The average molecular weight is 424 g/mol. The molecule has 0 unspecified atom stereocenters. The van der Waals surface area contributed by atoms with E-state index in [1.165, 1.54) is 0 Å². The number of hydrogen-bond acceptors (Lipinski definition) is 5. The van der Waals surface area contributed by atoms with Crippen molar-refractivity contribution in [1.29, 1.82) is 0 Å². The van der Waals surface area contributed by atoms with Crippen molar-refractivity contribution in [2.45, 2.75) is 25.7 Å². The second kappa shape index (κ2) is 8.38. The van der Waals surface area contributed by atoms with Crippen LogP contribution < -0.4 is 5.73 Å². The van der Waals surface area contributed by atoms with E-state index in [1.54, 1.807) is 12.4 Å². The maximum Gasteiger partial charge on any atom is 0.256 e. The summed E-state index contributed by atoms with van der Waals surface area (Å²) in [7, 11) is 0. The number of benzene rings is 1. The molecule has 1 aromatic carbocycles. The number of nitrogen functional groups attached to an aromatic ring is 1. The van der Waals surface area contributed by atoms with Crippen molar-refractivity contribution >= 4 is 22.6 Å². The Morgan fingerprint density at radius 3 is 2.59 bits per heavy atom. The number of carbonyl (C=O) groups excluding carboxylic acids is 1. The van der Waals surface area contributed by atoms with Gasteiger partial charge in [-0.2, -0.15) is 0 Å². The zero-order valence-corrected chi connectivity index (χ0v) is 18.0. The third-order valence-corrected chi connectivity index (χ3v) is 6.16. The first-order chi connectivity index (χ1) is 15.6. The standard InChI is InChI=1S/C26H25N5O/c1-17-14-21(20-7-8-24(27)29-16-20)15-23(30-17)18-9-12-31(13-10-18)26(32)22-6-2-4-19-5-3-11-28-25(19)22/h2-8,11,14-16,18H,9-10,12-13H2,1H3,(H2,27,29). The molecule has 0 atom stereocenters. The molecule has 0 saturated carbocycles. The molecule has 1 saturated heterocycles. The SMILES string of the molecule is Cc1cc(-c2ccc(N)nc2)cc(C2CCN(C(=O)c3cccc4cccnc34)CC2)n1. The van der Waals surface area contributed by atoms with Gasteiger partial charge >= 0.3 is 0 Å². The Kier molecular flexibility index (Phi) is 5.27. The van der Waals surface area contributed by atoms with E-state index in [0.29, 0.717) is 30.4 Å². The van der Waals surface area contributed by atoms with Crippen molar-refractivity contribution in [2.75, 3.05) is 18.8 Å². The summed E-state index contributed by atoms with van der Waals surface area (Å²) in [5.41, 5.74) is 11.4. The van der Waals surface area contributed by atoms with Crippen molar-refractivity contribution in [2.24, 2.45) is 0 Å². The van der Waals surface area contributed by atoms with E-state index < -0.39 is 0 Å². The number of pyridine rings is 3. The third-order valence-electron chi connectivity index (χ3n) is 6.16. The number of anilines is 1. The molecule has 4 heterocycles. The summed E-state index contributed by atoms with van der Waals surface area (Å²) in [5, 5.41) is 0.988. The highest BCUT2D eigenvalue weighted by molar-refractivity contribution is 6.05. The third kappa shape index (κ3) is 3.91. The van der Waals surface area contributed by atoms with Crippen LogP contribution in [0.1, 0.15) is 40.5 Å². The summed E-state index contributed by atoms with van der Waals surface area (Å²) in [5.74, 6) is 0.891. The van der Waals surface area contributed by atoms with Gasteiger partial charge in [-0.25, -0.2) is 4.98 Å². The van der Waals surface area contributed by atoms with Crippen LogP contribution in [0.5, 0.6) is 0 Å². The van der Waals surface area contributed by atoms with Crippen LogP contribution in [0.25, 0.3) is 22.0 Å². The van der Waals surface area contributed by atoms with E-state index in [9.17, 15) is 4.79 Å². The minimum Gasteiger partial charge on any atom is -0.384 e. The first-order valence-corrected chi connectivity index (χ1v) is 10.9. The Bertz CT molecular complexity index is 1270. The van der Waals surface area contributed by atoms with Crippen molar-refractivity contribution in [3.8, 4) is 11.1 Å². The van der Waals surface area contributed by atoms with Crippen LogP contribution >= 0.6 is 0 Å². The zero-order valence-electron chi connectivity index (χ0n) is 18.0. The molecule has 1 fully saturated rings. The Hall–Kier alpha value is -3.80. The number of rotatable bonds is 3. The Morgan fingerprint density at radius 2 is 1.81 bits per heavy atom. The summed E-state index contributed by atoms with van der Waals surface area (Å²) in [6.07, 6.45) is 5.32. The molecule has 5 rings (SSSR count). The lowest BCUT2D eigenvalue weighted by Gasteiger charge is -2.32. The maximum absolute atomic E-state index is 13.2. The molecule has 6 heteroatoms. The zero-order chi connectivity index (χ0) is 22.1. The lowest BCUT2D eigenvalue weighted by atomic mass is 9.91. The molecule has 2 N–H and O–H groups in total. The van der Waals surface area contributed by atoms with Crippen LogP contribution in [0.4, 0.5) is 5.82 Å². The molecule has 3 aromatic heterocycles. The van der Waals surface area contributed by atoms with Crippen molar-refractivity contribution in [3.05, 3.63) is 83.9 Å². The van der Waals surface area contributed by atoms with Gasteiger partial charge in [-0.3, -0.25) is 14.8 Å². The molecule has 1 aliphatic heterocycles. The van der Waals surface area contributed by atoms with E-state index >= 15 is 0 Å². The normalized spacial score (nSPS) is 14.6. The largest absolute Gasteiger partial charge is 0.384 e. The van der Waals surface area contributed by atoms with E-state index in [0.717, 1.165) is 46.3 Å². The number of hydrogen-bond donors (Lipinski definition) is 1. The van der Waals surface area contributed by atoms with Crippen molar-refractivity contribution in [3.63, 3.8) is 0 Å². The molecule has 4 aromatic rings. The first-order valence-electron chi connectivity index (χ1n) is 10.9. The predicted octanol–water partition coefficient (Wildman–Crippen LogP) is 4.60. The van der Waals surface area contributed by atoms with Gasteiger partial charge < -0.3 is 10.6 Å². The average Bonchev–Trinajstić information content (AvgIpc) is 2.83. The number of nitrogens with two attached hydrogens (primary N) is 1. The molecular weight excluding hydrogens is 398 g/mol. The number of likely N-dealkylation sites (tertiary alicyclic amines) is 1. The summed E-state index contributed by atoms with van der Waals surface area (Å²) < 4.78 is 0. The second-order valence-corrected chi connectivity index (χ2v) is 8.34. The molecule has 160 valence electrons. The van der Waals surface area contributed by atoms with Gasteiger partial charge in [-0.1, -0.05) is 18.2 Å². The van der Waals surface area contributed by atoms with Gasteiger partial charge in [-0.15, -0.1) is 0 Å². The summed E-state index contributed by atoms with van der Waals surface area (Å²) >= 11 is 0. The predicted molar refractivity (Wildman–Crippen MR) is 126 cm³/mol. The fourth-order valence-electron chi connectivity index (χ4n) is 4.47. The molecule has 0 radical (unpaired) electrons. The Morgan fingerprint density at radius 1 is 1.00 bits per heavy atom. The van der Waals surface area contributed by atoms with E-state index in [1.807, 2.05) is 54.3 Å². The molecule has 1 amide bonds. The monoisotopic (exact) mass is 423 g/mol. The number of piperidine rings is 1. The molecule has 0 spiro atoms. The molecule has 0 bridgehead atoms. The number of fused-ring (bicyclic) bond motifs is 1. The lowest BCUT2D eigenvalue weighted by molar-refractivity contribution is 0.0714. The topological polar surface area (TPSA) is 85.0 Å². The second-order valence-electron chi connectivity index (χ2n) is 8.34. The van der Waals surface area contributed by atoms with Gasteiger partial charge in [0.2, 0.25) is 0 Å². The summed E-state index contributed by atoms with van der Waals surface area (Å²) in [6.45, 7) is 3.44. The van der Waals surface area contributed by atoms with E-state index in [4.69, 9.17) is 10.7 Å². The van der Waals surface area contributed by atoms with Crippen LogP contribution in [0.3, 0.4) is 0 Å². The fourth-order valence-corrected chi connectivity index (χ4v) is 4.47. The van der Waals surface area contributed by atoms with Crippen LogP contribution in [-0.2, 0) is 0 Å². The molecule has 32 heavy (non-hydrogen) atoms. The lowest BCUT2D eigenvalue weighted by Crippen LogP contribution is -2.38. The fraction of sp³-hybridized carbons (Fsp3) is 0.231. The Balaban J connectivity index is 1.33. The number of carbonyl (C=O) groups is 1. The molecule has 0 aliphatic carbocycles.